The Labute approximate surface area is 124 Å². The quantitative estimate of drug-likeness (QED) is 0.865. The zero-order chi connectivity index (χ0) is 14.7. The number of aromatic nitrogens is 2. The number of hydrogen-bond acceptors (Lipinski definition) is 5. The summed E-state index contributed by atoms with van der Waals surface area (Å²) in [6.45, 7) is 4.21. The van der Waals surface area contributed by atoms with Crippen molar-refractivity contribution in [3.63, 3.8) is 0 Å². The Morgan fingerprint density at radius 2 is 2.00 bits per heavy atom. The molecule has 0 unspecified atom stereocenters. The lowest BCUT2D eigenvalue weighted by Crippen LogP contribution is -2.41. The minimum atomic E-state index is -0.359. The monoisotopic (exact) mass is 282 g/mol. The first-order valence-corrected chi connectivity index (χ1v) is 7.20. The molecule has 0 radical (unpaired) electrons. The van der Waals surface area contributed by atoms with E-state index >= 15 is 0 Å². The molecule has 21 heavy (non-hydrogen) atoms. The van der Waals surface area contributed by atoms with Gasteiger partial charge in [0.25, 0.3) is 0 Å². The van der Waals surface area contributed by atoms with Gasteiger partial charge >= 0.3 is 0 Å². The third kappa shape index (κ3) is 2.81. The minimum Gasteiger partial charge on any atom is -0.338 e. The molecule has 5 nitrogen and oxygen atoms in total. The van der Waals surface area contributed by atoms with Crippen LogP contribution in [0.1, 0.15) is 30.1 Å². The van der Waals surface area contributed by atoms with E-state index in [9.17, 15) is 5.26 Å². The van der Waals surface area contributed by atoms with Crippen LogP contribution >= 0.6 is 0 Å². The fraction of sp³-hybridized carbons (Fsp3) is 0.438. The maximum Gasteiger partial charge on any atom is 0.240 e. The van der Waals surface area contributed by atoms with Gasteiger partial charge in [0, 0.05) is 13.1 Å². The topological polar surface area (TPSA) is 66.0 Å². The average Bonchev–Trinajstić information content (AvgIpc) is 2.94. The van der Waals surface area contributed by atoms with E-state index in [4.69, 9.17) is 4.52 Å². The summed E-state index contributed by atoms with van der Waals surface area (Å²) < 4.78 is 5.16. The molecule has 2 aromatic rings. The van der Waals surface area contributed by atoms with Crippen LogP contribution in [0, 0.1) is 18.3 Å². The molecular formula is C16H18N4O. The summed E-state index contributed by atoms with van der Waals surface area (Å²) in [5, 5.41) is 13.5. The number of likely N-dealkylation sites (tertiary alicyclic amines) is 1. The van der Waals surface area contributed by atoms with E-state index in [0.717, 1.165) is 31.5 Å². The minimum absolute atomic E-state index is 0.359. The summed E-state index contributed by atoms with van der Waals surface area (Å²) in [4.78, 5) is 6.50. The Morgan fingerprint density at radius 1 is 1.29 bits per heavy atom. The number of benzene rings is 1. The Hall–Kier alpha value is -2.19. The lowest BCUT2D eigenvalue weighted by molar-refractivity contribution is 0.160. The van der Waals surface area contributed by atoms with Crippen molar-refractivity contribution in [2.75, 3.05) is 13.1 Å². The Bertz CT molecular complexity index is 636. The number of hydrogen-bond donors (Lipinski definition) is 0. The first-order valence-electron chi connectivity index (χ1n) is 7.20. The smallest absolute Gasteiger partial charge is 0.240 e. The van der Waals surface area contributed by atoms with Crippen molar-refractivity contribution in [3.05, 3.63) is 47.6 Å². The van der Waals surface area contributed by atoms with Gasteiger partial charge in [-0.3, -0.25) is 4.90 Å². The summed E-state index contributed by atoms with van der Waals surface area (Å²) in [7, 11) is 0. The van der Waals surface area contributed by atoms with Crippen molar-refractivity contribution in [1.82, 2.24) is 15.0 Å². The van der Waals surface area contributed by atoms with E-state index in [1.807, 2.05) is 25.1 Å². The lowest BCUT2D eigenvalue weighted by Gasteiger charge is -2.37. The fourth-order valence-electron chi connectivity index (χ4n) is 2.91. The standard InChI is InChI=1S/C16H18N4O/c1-13-18-15(21-19-13)11-20-9-7-16(12-17,8-10-20)14-5-3-2-4-6-14/h2-6H,7-11H2,1H3. The Balaban J connectivity index is 1.68. The predicted octanol–water partition coefficient (Wildman–Crippen LogP) is 2.44. The molecule has 1 aliphatic heterocycles. The van der Waals surface area contributed by atoms with Crippen LogP contribution in [0.3, 0.4) is 0 Å². The molecule has 1 fully saturated rings. The normalized spacial score (nSPS) is 18.3. The van der Waals surface area contributed by atoms with Gasteiger partial charge in [-0.1, -0.05) is 35.5 Å². The van der Waals surface area contributed by atoms with Crippen molar-refractivity contribution in [2.45, 2.75) is 31.7 Å². The zero-order valence-electron chi connectivity index (χ0n) is 12.1. The van der Waals surface area contributed by atoms with Crippen molar-refractivity contribution in [3.8, 4) is 6.07 Å². The number of aryl methyl sites for hydroxylation is 1. The highest BCUT2D eigenvalue weighted by Gasteiger charge is 2.36. The Morgan fingerprint density at radius 3 is 2.57 bits per heavy atom. The number of nitrogens with zero attached hydrogens (tertiary/aromatic N) is 4. The van der Waals surface area contributed by atoms with Crippen LogP contribution in [0.15, 0.2) is 34.9 Å². The summed E-state index contributed by atoms with van der Waals surface area (Å²) in [5.74, 6) is 1.31. The third-order valence-electron chi connectivity index (χ3n) is 4.18. The van der Waals surface area contributed by atoms with Gasteiger partial charge in [-0.2, -0.15) is 10.2 Å². The first kappa shape index (κ1) is 13.8. The van der Waals surface area contributed by atoms with E-state index < -0.39 is 0 Å². The van der Waals surface area contributed by atoms with Crippen LogP contribution in [0.2, 0.25) is 0 Å². The second-order valence-electron chi connectivity index (χ2n) is 5.57. The van der Waals surface area contributed by atoms with Crippen molar-refractivity contribution >= 4 is 0 Å². The molecule has 1 saturated heterocycles. The molecule has 1 aromatic carbocycles. The van der Waals surface area contributed by atoms with Crippen molar-refractivity contribution in [1.29, 1.82) is 5.26 Å². The summed E-state index contributed by atoms with van der Waals surface area (Å²) >= 11 is 0. The molecule has 5 heteroatoms. The van der Waals surface area contributed by atoms with Gasteiger partial charge in [-0.15, -0.1) is 0 Å². The SMILES string of the molecule is Cc1noc(CN2CCC(C#N)(c3ccccc3)CC2)n1. The van der Waals surface area contributed by atoms with Gasteiger partial charge in [0.1, 0.15) is 0 Å². The highest BCUT2D eigenvalue weighted by Crippen LogP contribution is 2.35. The molecule has 0 bridgehead atoms. The predicted molar refractivity (Wildman–Crippen MR) is 77.3 cm³/mol. The van der Waals surface area contributed by atoms with Gasteiger partial charge in [0.2, 0.25) is 5.89 Å². The van der Waals surface area contributed by atoms with E-state index in [1.54, 1.807) is 0 Å². The molecule has 0 N–H and O–H groups in total. The molecule has 3 rings (SSSR count). The lowest BCUT2D eigenvalue weighted by atomic mass is 9.74. The molecule has 0 amide bonds. The van der Waals surface area contributed by atoms with Gasteiger partial charge in [0.05, 0.1) is 18.0 Å². The van der Waals surface area contributed by atoms with Crippen LogP contribution < -0.4 is 0 Å². The van der Waals surface area contributed by atoms with Gasteiger partial charge in [0.15, 0.2) is 5.82 Å². The highest BCUT2D eigenvalue weighted by molar-refractivity contribution is 5.33. The Kier molecular flexibility index (Phi) is 3.72. The summed E-state index contributed by atoms with van der Waals surface area (Å²) in [6, 6.07) is 12.6. The molecule has 0 aliphatic carbocycles. The fourth-order valence-corrected chi connectivity index (χ4v) is 2.91. The third-order valence-corrected chi connectivity index (χ3v) is 4.18. The molecule has 2 heterocycles. The molecule has 0 saturated carbocycles. The summed E-state index contributed by atoms with van der Waals surface area (Å²) in [5.41, 5.74) is 0.767. The average molecular weight is 282 g/mol. The molecule has 1 aromatic heterocycles. The van der Waals surface area contributed by atoms with Crippen LogP contribution in [0.4, 0.5) is 0 Å². The van der Waals surface area contributed by atoms with Gasteiger partial charge < -0.3 is 4.52 Å². The van der Waals surface area contributed by atoms with Crippen molar-refractivity contribution in [2.24, 2.45) is 0 Å². The van der Waals surface area contributed by atoms with Crippen LogP contribution in [0.25, 0.3) is 0 Å². The summed E-state index contributed by atoms with van der Waals surface area (Å²) in [6.07, 6.45) is 1.67. The maximum atomic E-state index is 9.66. The number of nitriles is 1. The second-order valence-corrected chi connectivity index (χ2v) is 5.57. The zero-order valence-corrected chi connectivity index (χ0v) is 12.1. The van der Waals surface area contributed by atoms with Crippen LogP contribution in [-0.2, 0) is 12.0 Å². The largest absolute Gasteiger partial charge is 0.338 e. The van der Waals surface area contributed by atoms with Crippen LogP contribution in [-0.4, -0.2) is 28.1 Å². The van der Waals surface area contributed by atoms with Gasteiger partial charge in [-0.25, -0.2) is 0 Å². The first-order chi connectivity index (χ1) is 10.2. The van der Waals surface area contributed by atoms with E-state index in [-0.39, 0.29) is 5.41 Å². The van der Waals surface area contributed by atoms with E-state index in [0.29, 0.717) is 18.3 Å². The van der Waals surface area contributed by atoms with Gasteiger partial charge in [-0.05, 0) is 25.3 Å². The maximum absolute atomic E-state index is 9.66. The molecule has 1 aliphatic rings. The molecule has 0 atom stereocenters. The molecule has 0 spiro atoms. The molecule has 108 valence electrons. The van der Waals surface area contributed by atoms with E-state index in [1.165, 1.54) is 0 Å². The molecular weight excluding hydrogens is 264 g/mol. The number of rotatable bonds is 3. The highest BCUT2D eigenvalue weighted by atomic mass is 16.5. The van der Waals surface area contributed by atoms with E-state index in [2.05, 4.69) is 33.2 Å². The second kappa shape index (κ2) is 5.66. The number of piperidine rings is 1. The van der Waals surface area contributed by atoms with Crippen molar-refractivity contribution < 1.29 is 4.52 Å². The van der Waals surface area contributed by atoms with Crippen LogP contribution in [0.5, 0.6) is 0 Å².